The van der Waals surface area contributed by atoms with Crippen molar-refractivity contribution in [2.24, 2.45) is 62.6 Å². The molecular formula is C30H52O. The Morgan fingerprint density at radius 2 is 1.29 bits per heavy atom. The normalized spacial score (nSPS) is 56.7. The van der Waals surface area contributed by atoms with Crippen LogP contribution in [-0.4, -0.2) is 11.7 Å². The highest BCUT2D eigenvalue weighted by atomic mass is 16.3. The molecule has 0 aliphatic heterocycles. The molecule has 0 spiro atoms. The smallest absolute Gasteiger partial charge is 0.0459 e. The van der Waals surface area contributed by atoms with Gasteiger partial charge in [-0.3, -0.25) is 0 Å². The number of aliphatic hydroxyl groups excluding tert-OH is 1. The molecule has 0 aromatic carbocycles. The lowest BCUT2D eigenvalue weighted by molar-refractivity contribution is -0.241. The second kappa shape index (κ2) is 6.99. The molecule has 5 saturated carbocycles. The van der Waals surface area contributed by atoms with Gasteiger partial charge in [0.15, 0.2) is 0 Å². The summed E-state index contributed by atoms with van der Waals surface area (Å²) in [6.07, 6.45) is 16.0. The van der Waals surface area contributed by atoms with Gasteiger partial charge in [0.2, 0.25) is 0 Å². The van der Waals surface area contributed by atoms with Crippen molar-refractivity contribution in [2.45, 2.75) is 119 Å². The van der Waals surface area contributed by atoms with E-state index < -0.39 is 0 Å². The summed E-state index contributed by atoms with van der Waals surface area (Å²) in [6, 6.07) is 0. The molecule has 1 heteroatoms. The first-order valence-corrected chi connectivity index (χ1v) is 14.0. The second-order valence-electron chi connectivity index (χ2n) is 15.0. The number of aliphatic hydroxyl groups is 1. The zero-order valence-corrected chi connectivity index (χ0v) is 21.9. The predicted molar refractivity (Wildman–Crippen MR) is 131 cm³/mol. The first-order valence-electron chi connectivity index (χ1n) is 14.0. The van der Waals surface area contributed by atoms with Crippen molar-refractivity contribution in [1.82, 2.24) is 0 Å². The minimum Gasteiger partial charge on any atom is -0.396 e. The Morgan fingerprint density at radius 1 is 0.677 bits per heavy atom. The summed E-state index contributed by atoms with van der Waals surface area (Å²) in [5.41, 5.74) is 2.63. The Balaban J connectivity index is 1.50. The van der Waals surface area contributed by atoms with E-state index in [-0.39, 0.29) is 0 Å². The lowest BCUT2D eigenvalue weighted by atomic mass is 9.32. The number of rotatable bonds is 2. The molecule has 5 aliphatic rings. The Kier molecular flexibility index (Phi) is 5.13. The van der Waals surface area contributed by atoms with Crippen molar-refractivity contribution in [3.05, 3.63) is 0 Å². The molecule has 0 amide bonds. The molecule has 0 heterocycles. The lowest BCUT2D eigenvalue weighted by Crippen LogP contribution is -2.65. The summed E-state index contributed by atoms with van der Waals surface area (Å²) in [5.74, 6) is 4.86. The van der Waals surface area contributed by atoms with E-state index in [0.29, 0.717) is 39.6 Å². The standard InChI is InChI=1S/C30H52O/c1-20(19-31)21-11-16-27(4)22(21)12-17-29(6)24(27)9-10-25-28(5)15-8-14-26(2,3)23(28)13-18-30(25,29)7/h20-25,31H,8-19H2,1-7H3/t20-,21+,22-,23-,24+,25+,27-,28-,29+,30+/m0/s1. The molecular weight excluding hydrogens is 376 g/mol. The van der Waals surface area contributed by atoms with Gasteiger partial charge in [-0.25, -0.2) is 0 Å². The SMILES string of the molecule is C[C@@H](CO)[C@H]1CC[C@]2(C)[C@H]3CC[C@@H]4[C@@]5(C)CCCC(C)(C)[C@@H]5CC[C@@]4(C)[C@]3(C)CC[C@@H]12. The highest BCUT2D eigenvalue weighted by Crippen LogP contribution is 2.78. The third-order valence-electron chi connectivity index (χ3n) is 13.8. The minimum atomic E-state index is 0.383. The Hall–Kier alpha value is -0.0400. The molecule has 0 unspecified atom stereocenters. The molecule has 178 valence electrons. The summed E-state index contributed by atoms with van der Waals surface area (Å²) in [6.45, 7) is 18.9. The Labute approximate surface area is 193 Å². The van der Waals surface area contributed by atoms with Crippen molar-refractivity contribution < 1.29 is 5.11 Å². The van der Waals surface area contributed by atoms with Crippen molar-refractivity contribution >= 4 is 0 Å². The summed E-state index contributed by atoms with van der Waals surface area (Å²) >= 11 is 0. The highest BCUT2D eigenvalue weighted by Gasteiger charge is 2.70. The molecule has 5 aliphatic carbocycles. The van der Waals surface area contributed by atoms with Crippen LogP contribution in [0.3, 0.4) is 0 Å². The van der Waals surface area contributed by atoms with Crippen LogP contribution in [0.4, 0.5) is 0 Å². The zero-order chi connectivity index (χ0) is 22.4. The van der Waals surface area contributed by atoms with Gasteiger partial charge in [0.25, 0.3) is 0 Å². The summed E-state index contributed by atoms with van der Waals surface area (Å²) in [5, 5.41) is 9.93. The number of fused-ring (bicyclic) bond motifs is 7. The van der Waals surface area contributed by atoms with Gasteiger partial charge in [0, 0.05) is 6.61 Å². The Bertz CT molecular complexity index is 711. The van der Waals surface area contributed by atoms with E-state index in [1.165, 1.54) is 70.6 Å². The fourth-order valence-electron chi connectivity index (χ4n) is 12.2. The van der Waals surface area contributed by atoms with Gasteiger partial charge < -0.3 is 5.11 Å². The molecule has 31 heavy (non-hydrogen) atoms. The van der Waals surface area contributed by atoms with E-state index in [2.05, 4.69) is 48.5 Å². The van der Waals surface area contributed by atoms with Crippen LogP contribution in [0.5, 0.6) is 0 Å². The van der Waals surface area contributed by atoms with Crippen LogP contribution in [0.15, 0.2) is 0 Å². The van der Waals surface area contributed by atoms with E-state index in [1.54, 1.807) is 0 Å². The molecule has 0 saturated heterocycles. The minimum absolute atomic E-state index is 0.383. The van der Waals surface area contributed by atoms with Gasteiger partial charge in [-0.15, -0.1) is 0 Å². The van der Waals surface area contributed by atoms with Crippen LogP contribution in [-0.2, 0) is 0 Å². The molecule has 0 radical (unpaired) electrons. The summed E-state index contributed by atoms with van der Waals surface area (Å²) in [4.78, 5) is 0. The van der Waals surface area contributed by atoms with Crippen LogP contribution in [0.25, 0.3) is 0 Å². The van der Waals surface area contributed by atoms with Crippen LogP contribution in [0.2, 0.25) is 0 Å². The Morgan fingerprint density at radius 3 is 1.94 bits per heavy atom. The van der Waals surface area contributed by atoms with Gasteiger partial charge in [-0.2, -0.15) is 0 Å². The average Bonchev–Trinajstić information content (AvgIpc) is 3.04. The first kappa shape index (κ1) is 22.7. The van der Waals surface area contributed by atoms with Crippen molar-refractivity contribution in [3.8, 4) is 0 Å². The molecule has 1 nitrogen and oxygen atoms in total. The molecule has 0 aromatic rings. The predicted octanol–water partition coefficient (Wildman–Crippen LogP) is 8.11. The molecule has 0 bridgehead atoms. The zero-order valence-electron chi connectivity index (χ0n) is 21.9. The van der Waals surface area contributed by atoms with Crippen LogP contribution in [0, 0.1) is 62.6 Å². The third kappa shape index (κ3) is 2.77. The lowest BCUT2D eigenvalue weighted by Gasteiger charge is -2.73. The van der Waals surface area contributed by atoms with Crippen LogP contribution in [0.1, 0.15) is 119 Å². The number of hydrogen-bond acceptors (Lipinski definition) is 1. The quantitative estimate of drug-likeness (QED) is 0.471. The van der Waals surface area contributed by atoms with Crippen LogP contribution < -0.4 is 0 Å². The fourth-order valence-corrected chi connectivity index (χ4v) is 12.2. The molecule has 1 N–H and O–H groups in total. The topological polar surface area (TPSA) is 20.2 Å². The van der Waals surface area contributed by atoms with Gasteiger partial charge in [-0.05, 0) is 127 Å². The highest BCUT2D eigenvalue weighted by molar-refractivity contribution is 5.19. The summed E-state index contributed by atoms with van der Waals surface area (Å²) in [7, 11) is 0. The van der Waals surface area contributed by atoms with E-state index in [1.807, 2.05) is 0 Å². The van der Waals surface area contributed by atoms with Crippen molar-refractivity contribution in [3.63, 3.8) is 0 Å². The molecule has 5 rings (SSSR count). The van der Waals surface area contributed by atoms with Crippen molar-refractivity contribution in [2.75, 3.05) is 6.61 Å². The van der Waals surface area contributed by atoms with Crippen molar-refractivity contribution in [1.29, 1.82) is 0 Å². The second-order valence-corrected chi connectivity index (χ2v) is 15.0. The van der Waals surface area contributed by atoms with E-state index >= 15 is 0 Å². The number of hydrogen-bond donors (Lipinski definition) is 1. The van der Waals surface area contributed by atoms with Gasteiger partial charge >= 0.3 is 0 Å². The maximum atomic E-state index is 9.93. The van der Waals surface area contributed by atoms with Gasteiger partial charge in [0.05, 0.1) is 0 Å². The largest absolute Gasteiger partial charge is 0.396 e. The summed E-state index contributed by atoms with van der Waals surface area (Å²) < 4.78 is 0. The molecule has 10 atom stereocenters. The first-order chi connectivity index (χ1) is 14.4. The van der Waals surface area contributed by atoms with Crippen LogP contribution >= 0.6 is 0 Å². The third-order valence-corrected chi connectivity index (χ3v) is 13.8. The monoisotopic (exact) mass is 428 g/mol. The van der Waals surface area contributed by atoms with Gasteiger partial charge in [0.1, 0.15) is 0 Å². The maximum absolute atomic E-state index is 9.93. The molecule has 0 aromatic heterocycles. The van der Waals surface area contributed by atoms with Gasteiger partial charge in [-0.1, -0.05) is 54.9 Å². The van der Waals surface area contributed by atoms with E-state index in [9.17, 15) is 5.11 Å². The fraction of sp³-hybridized carbons (Fsp3) is 1.00. The maximum Gasteiger partial charge on any atom is 0.0459 e. The van der Waals surface area contributed by atoms with E-state index in [4.69, 9.17) is 0 Å². The van der Waals surface area contributed by atoms with E-state index in [0.717, 1.165) is 29.6 Å². The molecule has 5 fully saturated rings. The average molecular weight is 429 g/mol.